The molecule has 96 valence electrons. The largest absolute Gasteiger partial charge is 0.347 e. The lowest BCUT2D eigenvalue weighted by Crippen LogP contribution is -2.37. The van der Waals surface area contributed by atoms with Crippen molar-refractivity contribution in [3.05, 3.63) is 22.4 Å². The van der Waals surface area contributed by atoms with E-state index in [4.69, 9.17) is 0 Å². The van der Waals surface area contributed by atoms with Gasteiger partial charge < -0.3 is 9.88 Å². The van der Waals surface area contributed by atoms with Crippen molar-refractivity contribution >= 4 is 33.6 Å². The molecule has 0 aliphatic heterocycles. The van der Waals surface area contributed by atoms with Crippen LogP contribution in [0.15, 0.2) is 16.7 Å². The third-order valence-corrected chi connectivity index (χ3v) is 3.80. The number of halogens is 1. The van der Waals surface area contributed by atoms with Crippen LogP contribution >= 0.6 is 27.7 Å². The number of hydrogen-bond donors (Lipinski definition) is 1. The summed E-state index contributed by atoms with van der Waals surface area (Å²) in [6, 6.07) is 2.11. The van der Waals surface area contributed by atoms with Crippen LogP contribution in [0.25, 0.3) is 0 Å². The molecule has 1 aromatic rings. The average molecular weight is 319 g/mol. The summed E-state index contributed by atoms with van der Waals surface area (Å²) in [7, 11) is 0. The van der Waals surface area contributed by atoms with Crippen LogP contribution in [0.1, 0.15) is 30.8 Å². The van der Waals surface area contributed by atoms with Crippen molar-refractivity contribution < 1.29 is 4.79 Å². The summed E-state index contributed by atoms with van der Waals surface area (Å²) in [5.41, 5.74) is 0.721. The zero-order valence-corrected chi connectivity index (χ0v) is 12.9. The normalized spacial score (nSPS) is 12.5. The minimum atomic E-state index is 0.0125. The van der Waals surface area contributed by atoms with Gasteiger partial charge in [-0.25, -0.2) is 0 Å². The highest BCUT2D eigenvalue weighted by atomic mass is 79.9. The van der Waals surface area contributed by atoms with Gasteiger partial charge in [0, 0.05) is 29.0 Å². The Bertz CT molecular complexity index is 379. The molecule has 0 aromatic carbocycles. The second kappa shape index (κ2) is 7.11. The molecule has 1 heterocycles. The first-order valence-corrected chi connectivity index (χ1v) is 7.96. The molecule has 0 bridgehead atoms. The highest BCUT2D eigenvalue weighted by Crippen LogP contribution is 2.15. The van der Waals surface area contributed by atoms with Crippen LogP contribution in [0.4, 0.5) is 0 Å². The van der Waals surface area contributed by atoms with E-state index in [1.54, 1.807) is 11.8 Å². The van der Waals surface area contributed by atoms with E-state index in [9.17, 15) is 4.79 Å². The Morgan fingerprint density at radius 2 is 2.29 bits per heavy atom. The number of rotatable bonds is 6. The Labute approximate surface area is 115 Å². The quantitative estimate of drug-likeness (QED) is 0.874. The number of carbonyl (C=O) groups excluding carboxylic acids is 1. The van der Waals surface area contributed by atoms with Crippen molar-refractivity contribution in [3.8, 4) is 0 Å². The van der Waals surface area contributed by atoms with E-state index in [-0.39, 0.29) is 11.9 Å². The molecule has 0 aliphatic carbocycles. The van der Waals surface area contributed by atoms with Crippen LogP contribution in [-0.2, 0) is 6.54 Å². The number of nitrogens with zero attached hydrogens (tertiary/aromatic N) is 1. The van der Waals surface area contributed by atoms with Crippen molar-refractivity contribution in [1.82, 2.24) is 9.88 Å². The summed E-state index contributed by atoms with van der Waals surface area (Å²) in [4.78, 5) is 12.1. The smallest absolute Gasteiger partial charge is 0.268 e. The Hall–Kier alpha value is -0.420. The zero-order valence-electron chi connectivity index (χ0n) is 10.5. The molecular weight excluding hydrogens is 300 g/mol. The minimum absolute atomic E-state index is 0.0125. The maximum atomic E-state index is 12.1. The van der Waals surface area contributed by atoms with E-state index in [0.29, 0.717) is 0 Å². The molecule has 0 fully saturated rings. The number of aromatic nitrogens is 1. The highest BCUT2D eigenvalue weighted by molar-refractivity contribution is 9.10. The fourth-order valence-corrected chi connectivity index (χ4v) is 2.83. The first-order chi connectivity index (χ1) is 8.12. The first kappa shape index (κ1) is 14.6. The lowest BCUT2D eigenvalue weighted by atomic mass is 10.2. The number of nitrogens with one attached hydrogen (secondary N) is 1. The number of amides is 1. The van der Waals surface area contributed by atoms with Gasteiger partial charge in [-0.2, -0.15) is 11.8 Å². The molecule has 5 heteroatoms. The number of hydrogen-bond acceptors (Lipinski definition) is 2. The van der Waals surface area contributed by atoms with E-state index in [1.807, 2.05) is 23.8 Å². The molecule has 3 nitrogen and oxygen atoms in total. The summed E-state index contributed by atoms with van der Waals surface area (Å²) < 4.78 is 2.90. The molecule has 1 rings (SSSR count). The van der Waals surface area contributed by atoms with Crippen molar-refractivity contribution in [2.75, 3.05) is 12.0 Å². The van der Waals surface area contributed by atoms with Gasteiger partial charge in [0.15, 0.2) is 0 Å². The fraction of sp³-hybridized carbons (Fsp3) is 0.583. The van der Waals surface area contributed by atoms with Crippen molar-refractivity contribution in [2.24, 2.45) is 0 Å². The molecule has 0 saturated carbocycles. The van der Waals surface area contributed by atoms with Gasteiger partial charge in [0.25, 0.3) is 5.91 Å². The number of aryl methyl sites for hydroxylation is 1. The molecule has 0 aliphatic rings. The number of thioether (sulfide) groups is 1. The molecule has 1 atom stereocenters. The molecule has 1 amide bonds. The summed E-state index contributed by atoms with van der Waals surface area (Å²) in [6.45, 7) is 4.92. The monoisotopic (exact) mass is 318 g/mol. The predicted molar refractivity (Wildman–Crippen MR) is 77.7 cm³/mol. The second-order valence-electron chi connectivity index (χ2n) is 3.86. The molecule has 1 unspecified atom stereocenters. The van der Waals surface area contributed by atoms with Gasteiger partial charge in [0.2, 0.25) is 0 Å². The third-order valence-electron chi connectivity index (χ3n) is 2.63. The summed E-state index contributed by atoms with van der Waals surface area (Å²) in [6.07, 6.45) is 4.95. The fourth-order valence-electron chi connectivity index (χ4n) is 1.65. The van der Waals surface area contributed by atoms with Gasteiger partial charge in [0.1, 0.15) is 5.69 Å². The molecule has 1 N–H and O–H groups in total. The SMILES string of the molecule is CCC(CSC)NC(=O)c1cc(Br)cn1CC. The van der Waals surface area contributed by atoms with Crippen LogP contribution in [-0.4, -0.2) is 28.5 Å². The molecule has 17 heavy (non-hydrogen) atoms. The van der Waals surface area contributed by atoms with Crippen molar-refractivity contribution in [2.45, 2.75) is 32.9 Å². The average Bonchev–Trinajstić information content (AvgIpc) is 2.69. The Balaban J connectivity index is 2.74. The number of carbonyl (C=O) groups is 1. The third kappa shape index (κ3) is 4.07. The zero-order chi connectivity index (χ0) is 12.8. The summed E-state index contributed by atoms with van der Waals surface area (Å²) >= 11 is 5.16. The molecular formula is C12H19BrN2OS. The van der Waals surface area contributed by atoms with Crippen LogP contribution in [0, 0.1) is 0 Å². The van der Waals surface area contributed by atoms with Gasteiger partial charge in [-0.15, -0.1) is 0 Å². The first-order valence-electron chi connectivity index (χ1n) is 5.77. The topological polar surface area (TPSA) is 34.0 Å². The van der Waals surface area contributed by atoms with E-state index in [0.717, 1.165) is 28.9 Å². The molecule has 0 saturated heterocycles. The maximum absolute atomic E-state index is 12.1. The molecule has 1 aromatic heterocycles. The molecule has 0 radical (unpaired) electrons. The standard InChI is InChI=1S/C12H19BrN2OS/c1-4-10(8-17-3)14-12(16)11-6-9(13)7-15(11)5-2/h6-7,10H,4-5,8H2,1-3H3,(H,14,16). The Morgan fingerprint density at radius 1 is 1.59 bits per heavy atom. The van der Waals surface area contributed by atoms with Crippen molar-refractivity contribution in [3.63, 3.8) is 0 Å². The van der Waals surface area contributed by atoms with Crippen LogP contribution < -0.4 is 5.32 Å². The lowest BCUT2D eigenvalue weighted by molar-refractivity contribution is 0.0931. The van der Waals surface area contributed by atoms with Crippen LogP contribution in [0.3, 0.4) is 0 Å². The van der Waals surface area contributed by atoms with E-state index >= 15 is 0 Å². The van der Waals surface area contributed by atoms with Crippen LogP contribution in [0.5, 0.6) is 0 Å². The minimum Gasteiger partial charge on any atom is -0.347 e. The van der Waals surface area contributed by atoms with Gasteiger partial charge in [-0.3, -0.25) is 4.79 Å². The molecule has 0 spiro atoms. The van der Waals surface area contributed by atoms with E-state index in [1.165, 1.54) is 0 Å². The van der Waals surface area contributed by atoms with Gasteiger partial charge in [-0.1, -0.05) is 6.92 Å². The predicted octanol–water partition coefficient (Wildman–Crippen LogP) is 3.14. The van der Waals surface area contributed by atoms with Gasteiger partial charge >= 0.3 is 0 Å². The van der Waals surface area contributed by atoms with Gasteiger partial charge in [-0.05, 0) is 41.6 Å². The van der Waals surface area contributed by atoms with Crippen molar-refractivity contribution in [1.29, 1.82) is 0 Å². The summed E-state index contributed by atoms with van der Waals surface area (Å²) in [5.74, 6) is 0.967. The lowest BCUT2D eigenvalue weighted by Gasteiger charge is -2.16. The Kier molecular flexibility index (Phi) is 6.12. The van der Waals surface area contributed by atoms with Crippen LogP contribution in [0.2, 0.25) is 0 Å². The van der Waals surface area contributed by atoms with E-state index in [2.05, 4.69) is 34.4 Å². The maximum Gasteiger partial charge on any atom is 0.268 e. The van der Waals surface area contributed by atoms with Gasteiger partial charge in [0.05, 0.1) is 0 Å². The summed E-state index contributed by atoms with van der Waals surface area (Å²) in [5, 5.41) is 3.07. The van der Waals surface area contributed by atoms with E-state index < -0.39 is 0 Å². The Morgan fingerprint density at radius 3 is 2.82 bits per heavy atom. The highest BCUT2D eigenvalue weighted by Gasteiger charge is 2.15. The second-order valence-corrected chi connectivity index (χ2v) is 5.69.